The number of amides is 2. The number of hydrogen-bond donors (Lipinski definition) is 1. The SMILES string of the molecule is CCOC(=O)CC1CC(NC(=O)OC)CN(C(C)=O)C1. The maximum Gasteiger partial charge on any atom is 0.407 e. The standard InChI is InChI=1S/C13H22N2O5/c1-4-20-12(17)6-10-5-11(14-13(18)19-3)8-15(7-10)9(2)16/h10-11H,4-8H2,1-3H3,(H,14,18). The Hall–Kier alpha value is -1.79. The van der Waals surface area contributed by atoms with Crippen LogP contribution in [-0.2, 0) is 19.1 Å². The minimum atomic E-state index is -0.532. The van der Waals surface area contributed by atoms with Crippen LogP contribution in [0.1, 0.15) is 26.7 Å². The van der Waals surface area contributed by atoms with Crippen LogP contribution in [0.15, 0.2) is 0 Å². The van der Waals surface area contributed by atoms with Crippen LogP contribution in [0.3, 0.4) is 0 Å². The average Bonchev–Trinajstić information content (AvgIpc) is 2.38. The molecule has 0 radical (unpaired) electrons. The van der Waals surface area contributed by atoms with E-state index in [1.807, 2.05) is 0 Å². The van der Waals surface area contributed by atoms with Gasteiger partial charge >= 0.3 is 12.1 Å². The van der Waals surface area contributed by atoms with Crippen molar-refractivity contribution in [2.24, 2.45) is 5.92 Å². The van der Waals surface area contributed by atoms with Gasteiger partial charge in [-0.15, -0.1) is 0 Å². The number of nitrogens with one attached hydrogen (secondary N) is 1. The number of nitrogens with zero attached hydrogens (tertiary/aromatic N) is 1. The second-order valence-electron chi connectivity index (χ2n) is 4.87. The number of carbonyl (C=O) groups excluding carboxylic acids is 3. The molecule has 0 aromatic heterocycles. The molecule has 2 atom stereocenters. The number of carbonyl (C=O) groups is 3. The summed E-state index contributed by atoms with van der Waals surface area (Å²) in [5, 5.41) is 2.68. The van der Waals surface area contributed by atoms with Crippen molar-refractivity contribution in [3.8, 4) is 0 Å². The van der Waals surface area contributed by atoms with Crippen molar-refractivity contribution in [3.05, 3.63) is 0 Å². The zero-order valence-corrected chi connectivity index (χ0v) is 12.2. The van der Waals surface area contributed by atoms with Crippen LogP contribution in [0.4, 0.5) is 4.79 Å². The number of likely N-dealkylation sites (tertiary alicyclic amines) is 1. The van der Waals surface area contributed by atoms with E-state index >= 15 is 0 Å². The molecule has 0 aromatic rings. The molecule has 0 saturated carbocycles. The number of methoxy groups -OCH3 is 1. The highest BCUT2D eigenvalue weighted by Crippen LogP contribution is 2.21. The third-order valence-corrected chi connectivity index (χ3v) is 3.25. The molecule has 2 amide bonds. The number of rotatable bonds is 4. The van der Waals surface area contributed by atoms with Gasteiger partial charge in [-0.05, 0) is 19.3 Å². The van der Waals surface area contributed by atoms with Crippen LogP contribution in [-0.4, -0.2) is 55.7 Å². The third-order valence-electron chi connectivity index (χ3n) is 3.25. The van der Waals surface area contributed by atoms with E-state index in [2.05, 4.69) is 10.1 Å². The second kappa shape index (κ2) is 7.72. The van der Waals surface area contributed by atoms with Gasteiger partial charge in [0.05, 0.1) is 26.2 Å². The van der Waals surface area contributed by atoms with Crippen molar-refractivity contribution in [1.82, 2.24) is 10.2 Å². The van der Waals surface area contributed by atoms with Gasteiger partial charge in [-0.25, -0.2) is 4.79 Å². The molecule has 1 saturated heterocycles. The molecule has 0 aromatic carbocycles. The summed E-state index contributed by atoms with van der Waals surface area (Å²) < 4.78 is 9.48. The lowest BCUT2D eigenvalue weighted by Gasteiger charge is -2.37. The molecular formula is C13H22N2O5. The maximum absolute atomic E-state index is 11.5. The van der Waals surface area contributed by atoms with Gasteiger partial charge in [0.2, 0.25) is 5.91 Å². The predicted molar refractivity (Wildman–Crippen MR) is 70.9 cm³/mol. The highest BCUT2D eigenvalue weighted by molar-refractivity contribution is 5.74. The lowest BCUT2D eigenvalue weighted by Crippen LogP contribution is -2.52. The van der Waals surface area contributed by atoms with Crippen LogP contribution >= 0.6 is 0 Å². The lowest BCUT2D eigenvalue weighted by atomic mass is 9.91. The maximum atomic E-state index is 11.5. The third kappa shape index (κ3) is 5.07. The molecule has 0 bridgehead atoms. The zero-order chi connectivity index (χ0) is 15.1. The highest BCUT2D eigenvalue weighted by atomic mass is 16.5. The van der Waals surface area contributed by atoms with Crippen LogP contribution in [0.5, 0.6) is 0 Å². The van der Waals surface area contributed by atoms with Crippen LogP contribution in [0, 0.1) is 5.92 Å². The monoisotopic (exact) mass is 286 g/mol. The number of esters is 1. The van der Waals surface area contributed by atoms with E-state index in [1.54, 1.807) is 11.8 Å². The Labute approximate surface area is 118 Å². The van der Waals surface area contributed by atoms with Gasteiger partial charge in [0.1, 0.15) is 0 Å². The van der Waals surface area contributed by atoms with E-state index in [4.69, 9.17) is 4.74 Å². The summed E-state index contributed by atoms with van der Waals surface area (Å²) in [4.78, 5) is 36.0. The van der Waals surface area contributed by atoms with Gasteiger partial charge in [-0.2, -0.15) is 0 Å². The topological polar surface area (TPSA) is 84.9 Å². The molecule has 0 aliphatic carbocycles. The Bertz CT molecular complexity index is 372. The van der Waals surface area contributed by atoms with E-state index in [9.17, 15) is 14.4 Å². The smallest absolute Gasteiger partial charge is 0.407 e. The number of alkyl carbamates (subject to hydrolysis) is 1. The summed E-state index contributed by atoms with van der Waals surface area (Å²) in [5.74, 6) is -0.371. The Morgan fingerprint density at radius 1 is 1.30 bits per heavy atom. The molecule has 0 spiro atoms. The first-order valence-electron chi connectivity index (χ1n) is 6.71. The predicted octanol–water partition coefficient (Wildman–Crippen LogP) is 0.533. The van der Waals surface area contributed by atoms with E-state index in [0.29, 0.717) is 26.1 Å². The van der Waals surface area contributed by atoms with Crippen molar-refractivity contribution in [3.63, 3.8) is 0 Å². The summed E-state index contributed by atoms with van der Waals surface area (Å²) >= 11 is 0. The van der Waals surface area contributed by atoms with Gasteiger partial charge < -0.3 is 19.7 Å². The Morgan fingerprint density at radius 3 is 2.55 bits per heavy atom. The number of ether oxygens (including phenoxy) is 2. The molecule has 2 unspecified atom stereocenters. The zero-order valence-electron chi connectivity index (χ0n) is 12.2. The molecule has 1 fully saturated rings. The van der Waals surface area contributed by atoms with Crippen molar-refractivity contribution < 1.29 is 23.9 Å². The van der Waals surface area contributed by atoms with Crippen molar-refractivity contribution in [1.29, 1.82) is 0 Å². The first-order valence-corrected chi connectivity index (χ1v) is 6.71. The van der Waals surface area contributed by atoms with Crippen molar-refractivity contribution in [2.75, 3.05) is 26.8 Å². The highest BCUT2D eigenvalue weighted by Gasteiger charge is 2.31. The quantitative estimate of drug-likeness (QED) is 0.762. The molecule has 1 N–H and O–H groups in total. The fourth-order valence-electron chi connectivity index (χ4n) is 2.39. The summed E-state index contributed by atoms with van der Waals surface area (Å²) in [7, 11) is 1.29. The second-order valence-corrected chi connectivity index (χ2v) is 4.87. The Balaban J connectivity index is 2.62. The minimum Gasteiger partial charge on any atom is -0.466 e. The van der Waals surface area contributed by atoms with E-state index in [-0.39, 0.29) is 30.3 Å². The summed E-state index contributed by atoms with van der Waals surface area (Å²) in [6.45, 7) is 4.51. The van der Waals surface area contributed by atoms with E-state index in [1.165, 1.54) is 14.0 Å². The van der Waals surface area contributed by atoms with Gasteiger partial charge in [-0.3, -0.25) is 9.59 Å². The first-order chi connectivity index (χ1) is 9.46. The summed E-state index contributed by atoms with van der Waals surface area (Å²) in [6, 6.07) is -0.209. The van der Waals surface area contributed by atoms with Gasteiger partial charge in [-0.1, -0.05) is 0 Å². The first kappa shape index (κ1) is 16.3. The Morgan fingerprint density at radius 2 is 2.00 bits per heavy atom. The van der Waals surface area contributed by atoms with Gasteiger partial charge in [0, 0.05) is 20.0 Å². The molecule has 20 heavy (non-hydrogen) atoms. The number of hydrogen-bond acceptors (Lipinski definition) is 5. The average molecular weight is 286 g/mol. The molecule has 1 rings (SSSR count). The molecule has 1 aliphatic rings. The minimum absolute atomic E-state index is 0.0196. The van der Waals surface area contributed by atoms with E-state index < -0.39 is 6.09 Å². The summed E-state index contributed by atoms with van der Waals surface area (Å²) in [6.07, 6.45) is 0.338. The molecule has 114 valence electrons. The fraction of sp³-hybridized carbons (Fsp3) is 0.769. The molecule has 7 heteroatoms. The lowest BCUT2D eigenvalue weighted by molar-refractivity contribution is -0.145. The van der Waals surface area contributed by atoms with E-state index in [0.717, 1.165) is 0 Å². The summed E-state index contributed by atoms with van der Waals surface area (Å²) in [5.41, 5.74) is 0. The fourth-order valence-corrected chi connectivity index (χ4v) is 2.39. The van der Waals surface area contributed by atoms with Crippen molar-refractivity contribution >= 4 is 18.0 Å². The molecule has 7 nitrogen and oxygen atoms in total. The van der Waals surface area contributed by atoms with Crippen LogP contribution in [0.25, 0.3) is 0 Å². The largest absolute Gasteiger partial charge is 0.466 e. The molecule has 1 aliphatic heterocycles. The normalized spacial score (nSPS) is 22.1. The molecule has 1 heterocycles. The van der Waals surface area contributed by atoms with Crippen LogP contribution in [0.2, 0.25) is 0 Å². The van der Waals surface area contributed by atoms with Crippen molar-refractivity contribution in [2.45, 2.75) is 32.7 Å². The van der Waals surface area contributed by atoms with Gasteiger partial charge in [0.25, 0.3) is 0 Å². The number of piperidine rings is 1. The van der Waals surface area contributed by atoms with Crippen LogP contribution < -0.4 is 5.32 Å². The van der Waals surface area contributed by atoms with Gasteiger partial charge in [0.15, 0.2) is 0 Å². The Kier molecular flexibility index (Phi) is 6.27. The molecular weight excluding hydrogens is 264 g/mol.